The number of rotatable bonds is 4. The molecule has 92 valence electrons. The smallest absolute Gasteiger partial charge is 0.303 e. The van der Waals surface area contributed by atoms with Gasteiger partial charge < -0.3 is 9.80 Å². The zero-order chi connectivity index (χ0) is 13.2. The number of carbonyl (C=O) groups excluding carboxylic acids is 1. The molecule has 0 aliphatic carbocycles. The van der Waals surface area contributed by atoms with E-state index in [1.165, 1.54) is 6.07 Å². The number of benzene rings is 1. The molecule has 0 bridgehead atoms. The third-order valence-electron chi connectivity index (χ3n) is 2.41. The van der Waals surface area contributed by atoms with Crippen LogP contribution in [0.4, 0.5) is 17.1 Å². The first kappa shape index (κ1) is 13.0. The number of nitro groups is 1. The van der Waals surface area contributed by atoms with E-state index in [0.29, 0.717) is 12.0 Å². The highest BCUT2D eigenvalue weighted by Gasteiger charge is 2.22. The Labute approximate surface area is 99.6 Å². The van der Waals surface area contributed by atoms with Crippen LogP contribution in [0.25, 0.3) is 0 Å². The Balaban J connectivity index is 3.57. The predicted octanol–water partition coefficient (Wildman–Crippen LogP) is 1.54. The molecule has 0 atom stereocenters. The molecule has 0 saturated carbocycles. The lowest BCUT2D eigenvalue weighted by atomic mass is 10.1. The summed E-state index contributed by atoms with van der Waals surface area (Å²) >= 11 is 0. The van der Waals surface area contributed by atoms with Gasteiger partial charge in [-0.05, 0) is 12.1 Å². The SMILES string of the molecule is CN(C)c1cc(C=O)c([N+](=O)[O-])c(N(C)C)c1. The minimum atomic E-state index is -0.529. The van der Waals surface area contributed by atoms with Gasteiger partial charge in [0.2, 0.25) is 0 Å². The predicted molar refractivity (Wildman–Crippen MR) is 67.1 cm³/mol. The Bertz CT molecular complexity index is 456. The van der Waals surface area contributed by atoms with Gasteiger partial charge >= 0.3 is 5.69 Å². The Morgan fingerprint density at radius 1 is 1.18 bits per heavy atom. The van der Waals surface area contributed by atoms with Gasteiger partial charge in [0.05, 0.1) is 10.5 Å². The summed E-state index contributed by atoms with van der Waals surface area (Å²) in [6.45, 7) is 0. The Kier molecular flexibility index (Phi) is 3.67. The van der Waals surface area contributed by atoms with Crippen molar-refractivity contribution in [2.75, 3.05) is 38.0 Å². The van der Waals surface area contributed by atoms with Gasteiger partial charge in [-0.25, -0.2) is 0 Å². The van der Waals surface area contributed by atoms with Crippen LogP contribution >= 0.6 is 0 Å². The fourth-order valence-corrected chi connectivity index (χ4v) is 1.51. The van der Waals surface area contributed by atoms with Gasteiger partial charge in [0.25, 0.3) is 0 Å². The summed E-state index contributed by atoms with van der Waals surface area (Å²) in [6.07, 6.45) is 0.512. The zero-order valence-electron chi connectivity index (χ0n) is 10.3. The quantitative estimate of drug-likeness (QED) is 0.451. The highest BCUT2D eigenvalue weighted by atomic mass is 16.6. The molecule has 17 heavy (non-hydrogen) atoms. The number of hydrogen-bond acceptors (Lipinski definition) is 5. The largest absolute Gasteiger partial charge is 0.378 e. The summed E-state index contributed by atoms with van der Waals surface area (Å²) in [5, 5.41) is 11.0. The van der Waals surface area contributed by atoms with Crippen molar-refractivity contribution < 1.29 is 9.72 Å². The Morgan fingerprint density at radius 3 is 2.12 bits per heavy atom. The Morgan fingerprint density at radius 2 is 1.76 bits per heavy atom. The van der Waals surface area contributed by atoms with Crippen LogP contribution in [0.5, 0.6) is 0 Å². The number of nitro benzene ring substituents is 1. The van der Waals surface area contributed by atoms with Crippen LogP contribution in [-0.2, 0) is 0 Å². The maximum atomic E-state index is 11.0. The van der Waals surface area contributed by atoms with Gasteiger partial charge in [-0.15, -0.1) is 0 Å². The van der Waals surface area contributed by atoms with E-state index in [4.69, 9.17) is 0 Å². The fourth-order valence-electron chi connectivity index (χ4n) is 1.51. The summed E-state index contributed by atoms with van der Waals surface area (Å²) in [5.41, 5.74) is 1.10. The molecule has 1 aromatic rings. The Hall–Kier alpha value is -2.11. The van der Waals surface area contributed by atoms with Gasteiger partial charge in [-0.3, -0.25) is 14.9 Å². The summed E-state index contributed by atoms with van der Waals surface area (Å²) < 4.78 is 0. The van der Waals surface area contributed by atoms with E-state index in [0.717, 1.165) is 5.69 Å². The van der Waals surface area contributed by atoms with E-state index in [1.807, 2.05) is 14.1 Å². The van der Waals surface area contributed by atoms with Gasteiger partial charge in [-0.1, -0.05) is 0 Å². The molecular weight excluding hydrogens is 222 g/mol. The lowest BCUT2D eigenvalue weighted by Crippen LogP contribution is -2.15. The van der Waals surface area contributed by atoms with Crippen LogP contribution in [0.1, 0.15) is 10.4 Å². The van der Waals surface area contributed by atoms with Crippen molar-refractivity contribution >= 4 is 23.3 Å². The van der Waals surface area contributed by atoms with E-state index in [1.54, 1.807) is 30.0 Å². The summed E-state index contributed by atoms with van der Waals surface area (Å²) in [7, 11) is 7.04. The van der Waals surface area contributed by atoms with Crippen LogP contribution in [0.15, 0.2) is 12.1 Å². The van der Waals surface area contributed by atoms with Crippen LogP contribution in [0.2, 0.25) is 0 Å². The first-order valence-electron chi connectivity index (χ1n) is 5.00. The van der Waals surface area contributed by atoms with E-state index >= 15 is 0 Å². The second kappa shape index (κ2) is 4.82. The molecule has 1 aromatic carbocycles. The second-order valence-electron chi connectivity index (χ2n) is 4.07. The van der Waals surface area contributed by atoms with Crippen LogP contribution in [0, 0.1) is 10.1 Å². The standard InChI is InChI=1S/C11H15N3O3/c1-12(2)9-5-8(7-15)11(14(16)17)10(6-9)13(3)4/h5-7H,1-4H3. The number of aldehydes is 1. The van der Waals surface area contributed by atoms with Gasteiger partial charge in [0, 0.05) is 33.9 Å². The first-order valence-corrected chi connectivity index (χ1v) is 5.00. The van der Waals surface area contributed by atoms with E-state index in [2.05, 4.69) is 0 Å². The first-order chi connectivity index (χ1) is 7.88. The van der Waals surface area contributed by atoms with Crippen molar-refractivity contribution in [2.24, 2.45) is 0 Å². The van der Waals surface area contributed by atoms with Crippen molar-refractivity contribution in [1.29, 1.82) is 0 Å². The lowest BCUT2D eigenvalue weighted by molar-refractivity contribution is -0.384. The van der Waals surface area contributed by atoms with E-state index < -0.39 is 4.92 Å². The molecule has 0 amide bonds. The van der Waals surface area contributed by atoms with Gasteiger partial charge in [0.1, 0.15) is 5.69 Å². The number of hydrogen-bond donors (Lipinski definition) is 0. The molecule has 6 heteroatoms. The molecule has 0 aliphatic rings. The zero-order valence-corrected chi connectivity index (χ0v) is 10.3. The molecular formula is C11H15N3O3. The van der Waals surface area contributed by atoms with E-state index in [-0.39, 0.29) is 11.3 Å². The number of nitrogens with zero attached hydrogens (tertiary/aromatic N) is 3. The topological polar surface area (TPSA) is 66.7 Å². The van der Waals surface area contributed by atoms with Crippen molar-refractivity contribution in [3.8, 4) is 0 Å². The molecule has 1 rings (SSSR count). The molecule has 0 radical (unpaired) electrons. The lowest BCUT2D eigenvalue weighted by Gasteiger charge is -2.19. The average Bonchev–Trinajstić information content (AvgIpc) is 2.26. The molecule has 0 saturated heterocycles. The maximum absolute atomic E-state index is 11.0. The maximum Gasteiger partial charge on any atom is 0.303 e. The summed E-state index contributed by atoms with van der Waals surface area (Å²) in [6, 6.07) is 3.20. The number of carbonyl (C=O) groups is 1. The van der Waals surface area contributed by atoms with Crippen molar-refractivity contribution in [3.63, 3.8) is 0 Å². The van der Waals surface area contributed by atoms with E-state index in [9.17, 15) is 14.9 Å². The average molecular weight is 237 g/mol. The number of anilines is 2. The van der Waals surface area contributed by atoms with Crippen molar-refractivity contribution in [2.45, 2.75) is 0 Å². The molecule has 0 fully saturated rings. The minimum Gasteiger partial charge on any atom is -0.378 e. The molecule has 0 aliphatic heterocycles. The molecule has 0 N–H and O–H groups in total. The van der Waals surface area contributed by atoms with Crippen LogP contribution < -0.4 is 9.80 Å². The monoisotopic (exact) mass is 237 g/mol. The molecule has 0 spiro atoms. The van der Waals surface area contributed by atoms with Crippen molar-refractivity contribution in [3.05, 3.63) is 27.8 Å². The third kappa shape index (κ3) is 2.52. The molecule has 0 heterocycles. The molecule has 0 unspecified atom stereocenters. The fraction of sp³-hybridized carbons (Fsp3) is 0.364. The van der Waals surface area contributed by atoms with Gasteiger partial charge in [-0.2, -0.15) is 0 Å². The summed E-state index contributed by atoms with van der Waals surface area (Å²) in [4.78, 5) is 24.8. The second-order valence-corrected chi connectivity index (χ2v) is 4.07. The minimum absolute atomic E-state index is 0.0879. The highest BCUT2D eigenvalue weighted by Crippen LogP contribution is 2.34. The molecule has 6 nitrogen and oxygen atoms in total. The van der Waals surface area contributed by atoms with Gasteiger partial charge in [0.15, 0.2) is 6.29 Å². The van der Waals surface area contributed by atoms with Crippen LogP contribution in [0.3, 0.4) is 0 Å². The third-order valence-corrected chi connectivity index (χ3v) is 2.41. The summed E-state index contributed by atoms with van der Waals surface area (Å²) in [5.74, 6) is 0. The van der Waals surface area contributed by atoms with Crippen LogP contribution in [-0.4, -0.2) is 39.4 Å². The highest BCUT2D eigenvalue weighted by molar-refractivity contribution is 5.89. The normalized spacial score (nSPS) is 9.88. The molecule has 0 aromatic heterocycles. The van der Waals surface area contributed by atoms with Crippen molar-refractivity contribution in [1.82, 2.24) is 0 Å².